The molecule has 4 heterocycles. The van der Waals surface area contributed by atoms with Crippen LogP contribution in [0.2, 0.25) is 0 Å². The maximum atomic E-state index is 13.0. The van der Waals surface area contributed by atoms with Crippen molar-refractivity contribution in [3.05, 3.63) is 90.3 Å². The molecule has 10 heteroatoms. The quantitative estimate of drug-likeness (QED) is 0.255. The molecule has 0 bridgehead atoms. The molecular formula is C29H32N8OS. The maximum absolute atomic E-state index is 13.0. The van der Waals surface area contributed by atoms with Crippen molar-refractivity contribution in [1.82, 2.24) is 34.7 Å². The Morgan fingerprint density at radius 2 is 1.87 bits per heavy atom. The average Bonchev–Trinajstić information content (AvgIpc) is 3.53. The van der Waals surface area contributed by atoms with Crippen LogP contribution in [-0.2, 0) is 12.0 Å². The third-order valence-corrected chi connectivity index (χ3v) is 7.26. The zero-order valence-corrected chi connectivity index (χ0v) is 23.5. The Labute approximate surface area is 232 Å². The molecule has 0 unspecified atom stereocenters. The highest BCUT2D eigenvalue weighted by atomic mass is 32.2. The number of nitrogens with zero attached hydrogens (tertiary/aromatic N) is 6. The van der Waals surface area contributed by atoms with E-state index in [2.05, 4.69) is 72.7 Å². The molecule has 0 saturated carbocycles. The summed E-state index contributed by atoms with van der Waals surface area (Å²) in [6.07, 6.45) is 5.50. The van der Waals surface area contributed by atoms with Crippen LogP contribution in [0.15, 0.2) is 83.0 Å². The molecular weight excluding hydrogens is 508 g/mol. The van der Waals surface area contributed by atoms with E-state index in [4.69, 9.17) is 5.10 Å². The second-order valence-corrected chi connectivity index (χ2v) is 11.7. The van der Waals surface area contributed by atoms with Gasteiger partial charge in [0, 0.05) is 46.1 Å². The summed E-state index contributed by atoms with van der Waals surface area (Å²) in [5, 5.41) is 19.3. The predicted octanol–water partition coefficient (Wildman–Crippen LogP) is 6.20. The Bertz CT molecular complexity index is 1600. The second kappa shape index (κ2) is 10.9. The molecule has 39 heavy (non-hydrogen) atoms. The van der Waals surface area contributed by atoms with Crippen molar-refractivity contribution in [2.45, 2.75) is 62.3 Å². The first kappa shape index (κ1) is 26.4. The molecule has 0 radical (unpaired) electrons. The van der Waals surface area contributed by atoms with E-state index in [1.807, 2.05) is 52.9 Å². The average molecular weight is 541 g/mol. The fourth-order valence-corrected chi connectivity index (χ4v) is 5.03. The highest BCUT2D eigenvalue weighted by molar-refractivity contribution is 7.99. The molecule has 0 aliphatic rings. The molecule has 5 aromatic rings. The third kappa shape index (κ3) is 5.96. The summed E-state index contributed by atoms with van der Waals surface area (Å²) < 4.78 is 3.75. The Morgan fingerprint density at radius 1 is 1.05 bits per heavy atom. The number of carbonyl (C=O) groups excluding carboxylic acids is 1. The van der Waals surface area contributed by atoms with Gasteiger partial charge >= 0.3 is 6.03 Å². The summed E-state index contributed by atoms with van der Waals surface area (Å²) in [6, 6.07) is 17.4. The first-order chi connectivity index (χ1) is 18.7. The summed E-state index contributed by atoms with van der Waals surface area (Å²) in [5.74, 6) is 1.78. The Kier molecular flexibility index (Phi) is 7.38. The third-order valence-electron chi connectivity index (χ3n) is 6.17. The normalized spacial score (nSPS) is 11.7. The second-order valence-electron chi connectivity index (χ2n) is 10.6. The summed E-state index contributed by atoms with van der Waals surface area (Å²) in [6.45, 7) is 10.9. The number of rotatable bonds is 7. The molecule has 9 nitrogen and oxygen atoms in total. The lowest BCUT2D eigenvalue weighted by Crippen LogP contribution is -2.29. The monoisotopic (exact) mass is 540 g/mol. The highest BCUT2D eigenvalue weighted by Gasteiger charge is 2.21. The number of carbonyl (C=O) groups is 1. The van der Waals surface area contributed by atoms with Gasteiger partial charge in [0.05, 0.1) is 17.6 Å². The number of aromatic nitrogens is 6. The number of anilines is 1. The Hall–Kier alpha value is -4.18. The molecule has 200 valence electrons. The van der Waals surface area contributed by atoms with Gasteiger partial charge in [-0.2, -0.15) is 5.10 Å². The van der Waals surface area contributed by atoms with Gasteiger partial charge in [-0.1, -0.05) is 64.6 Å². The molecule has 0 fully saturated rings. The van der Waals surface area contributed by atoms with Crippen molar-refractivity contribution >= 4 is 29.3 Å². The van der Waals surface area contributed by atoms with Crippen molar-refractivity contribution in [1.29, 1.82) is 0 Å². The van der Waals surface area contributed by atoms with Gasteiger partial charge in [-0.15, -0.1) is 10.2 Å². The topological polar surface area (TPSA) is 102 Å². The lowest BCUT2D eigenvalue weighted by atomic mass is 9.92. The van der Waals surface area contributed by atoms with Gasteiger partial charge in [0.25, 0.3) is 0 Å². The number of hydrogen-bond acceptors (Lipinski definition) is 6. The van der Waals surface area contributed by atoms with Crippen LogP contribution in [0.4, 0.5) is 10.6 Å². The fraction of sp³-hybridized carbons (Fsp3) is 0.276. The molecule has 0 atom stereocenters. The smallest absolute Gasteiger partial charge is 0.320 e. The Balaban J connectivity index is 1.31. The van der Waals surface area contributed by atoms with Gasteiger partial charge in [0.15, 0.2) is 5.65 Å². The van der Waals surface area contributed by atoms with Crippen LogP contribution < -0.4 is 10.6 Å². The minimum atomic E-state index is -0.312. The molecule has 5 rings (SSSR count). The summed E-state index contributed by atoms with van der Waals surface area (Å²) >= 11 is 1.65. The SMILES string of the molecule is CC(C)c1nnc2ccc(Sc3ccccc3CNC(=O)Nc3cc(C(C)(C)C)nn3-c3cccnc3)cn12. The fourth-order valence-electron chi connectivity index (χ4n) is 4.07. The molecule has 4 aromatic heterocycles. The standard InChI is InChI=1S/C29H32N8OS/c1-19(2)27-34-33-25-13-12-22(18-36(25)27)39-23-11-7-6-9-20(23)16-31-28(38)32-26-15-24(29(3,4)5)35-37(26)21-10-8-14-30-17-21/h6-15,17-19H,16H2,1-5H3,(H2,31,32,38). The summed E-state index contributed by atoms with van der Waals surface area (Å²) in [4.78, 5) is 19.3. The van der Waals surface area contributed by atoms with Crippen LogP contribution in [0.3, 0.4) is 0 Å². The first-order valence-corrected chi connectivity index (χ1v) is 13.7. The van der Waals surface area contributed by atoms with E-state index in [9.17, 15) is 4.79 Å². The van der Waals surface area contributed by atoms with Crippen LogP contribution in [0.5, 0.6) is 0 Å². The predicted molar refractivity (Wildman–Crippen MR) is 154 cm³/mol. The summed E-state index contributed by atoms with van der Waals surface area (Å²) in [5.41, 5.74) is 3.31. The largest absolute Gasteiger partial charge is 0.334 e. The maximum Gasteiger partial charge on any atom is 0.320 e. The van der Waals surface area contributed by atoms with E-state index in [1.165, 1.54) is 0 Å². The molecule has 1 aromatic carbocycles. The molecule has 0 spiro atoms. The van der Waals surface area contributed by atoms with Crippen LogP contribution >= 0.6 is 11.8 Å². The van der Waals surface area contributed by atoms with Crippen LogP contribution in [0, 0.1) is 0 Å². The number of amides is 2. The van der Waals surface area contributed by atoms with Crippen LogP contribution in [0.1, 0.15) is 57.6 Å². The zero-order valence-electron chi connectivity index (χ0n) is 22.7. The highest BCUT2D eigenvalue weighted by Crippen LogP contribution is 2.31. The number of fused-ring (bicyclic) bond motifs is 1. The van der Waals surface area contributed by atoms with E-state index < -0.39 is 0 Å². The van der Waals surface area contributed by atoms with Crippen molar-refractivity contribution in [3.8, 4) is 5.69 Å². The minimum Gasteiger partial charge on any atom is -0.334 e. The minimum absolute atomic E-state index is 0.178. The van der Waals surface area contributed by atoms with Crippen molar-refractivity contribution < 1.29 is 4.79 Å². The van der Waals surface area contributed by atoms with E-state index in [0.29, 0.717) is 12.4 Å². The van der Waals surface area contributed by atoms with Gasteiger partial charge in [-0.05, 0) is 35.9 Å². The Morgan fingerprint density at radius 3 is 2.62 bits per heavy atom. The molecule has 2 N–H and O–H groups in total. The number of hydrogen-bond donors (Lipinski definition) is 2. The van der Waals surface area contributed by atoms with Crippen molar-refractivity contribution in [2.75, 3.05) is 5.32 Å². The number of urea groups is 1. The van der Waals surface area contributed by atoms with Crippen molar-refractivity contribution in [2.24, 2.45) is 0 Å². The van der Waals surface area contributed by atoms with E-state index in [0.717, 1.165) is 38.2 Å². The van der Waals surface area contributed by atoms with Crippen molar-refractivity contribution in [3.63, 3.8) is 0 Å². The summed E-state index contributed by atoms with van der Waals surface area (Å²) in [7, 11) is 0. The molecule has 0 aliphatic carbocycles. The van der Waals surface area contributed by atoms with E-state index in [1.54, 1.807) is 28.8 Å². The van der Waals surface area contributed by atoms with Gasteiger partial charge in [0.2, 0.25) is 0 Å². The molecule has 0 aliphatic heterocycles. The van der Waals surface area contributed by atoms with Gasteiger partial charge < -0.3 is 5.32 Å². The molecule has 0 saturated heterocycles. The number of pyridine rings is 2. The van der Waals surface area contributed by atoms with E-state index in [-0.39, 0.29) is 17.4 Å². The van der Waals surface area contributed by atoms with Gasteiger partial charge in [-0.25, -0.2) is 9.48 Å². The van der Waals surface area contributed by atoms with Gasteiger partial charge in [-0.3, -0.25) is 14.7 Å². The van der Waals surface area contributed by atoms with Crippen LogP contribution in [0.25, 0.3) is 11.3 Å². The zero-order chi connectivity index (χ0) is 27.6. The first-order valence-electron chi connectivity index (χ1n) is 12.9. The van der Waals surface area contributed by atoms with E-state index >= 15 is 0 Å². The number of benzene rings is 1. The van der Waals surface area contributed by atoms with Gasteiger partial charge in [0.1, 0.15) is 11.6 Å². The number of nitrogens with one attached hydrogen (secondary N) is 2. The van der Waals surface area contributed by atoms with Crippen LogP contribution in [-0.4, -0.2) is 35.4 Å². The lowest BCUT2D eigenvalue weighted by Gasteiger charge is -2.14. The lowest BCUT2D eigenvalue weighted by molar-refractivity contribution is 0.251. The molecule has 2 amide bonds.